The largest absolute Gasteiger partial charge is 0.445 e. The highest BCUT2D eigenvalue weighted by molar-refractivity contribution is 5.69. The lowest BCUT2D eigenvalue weighted by molar-refractivity contribution is -0.0537. The van der Waals surface area contributed by atoms with Gasteiger partial charge in [-0.15, -0.1) is 0 Å². The lowest BCUT2D eigenvalue weighted by Crippen LogP contribution is -2.52. The van der Waals surface area contributed by atoms with E-state index in [1.165, 1.54) is 5.56 Å². The Morgan fingerprint density at radius 2 is 1.68 bits per heavy atom. The van der Waals surface area contributed by atoms with Crippen LogP contribution in [-0.4, -0.2) is 28.2 Å². The van der Waals surface area contributed by atoms with Gasteiger partial charge in [-0.1, -0.05) is 68.4 Å². The molecule has 2 aliphatic heterocycles. The summed E-state index contributed by atoms with van der Waals surface area (Å²) in [6.45, 7) is 4.63. The van der Waals surface area contributed by atoms with Gasteiger partial charge in [0, 0.05) is 24.9 Å². The highest BCUT2D eigenvalue weighted by atomic mass is 16.6. The first kappa shape index (κ1) is 19.0. The first-order valence-electron chi connectivity index (χ1n) is 10.3. The van der Waals surface area contributed by atoms with Crippen molar-refractivity contribution in [2.24, 2.45) is 0 Å². The second-order valence-electron chi connectivity index (χ2n) is 8.55. The molecule has 0 radical (unpaired) electrons. The highest BCUT2D eigenvalue weighted by Gasteiger charge is 2.50. The second kappa shape index (κ2) is 7.59. The molecule has 148 valence electrons. The lowest BCUT2D eigenvalue weighted by Gasteiger charge is -2.43. The SMILES string of the molecule is CC(C)c1ccc(C2(O)CC3CCC(C2)N3C(=O)OCc2ccccc2)cc1. The van der Waals surface area contributed by atoms with Crippen molar-refractivity contribution in [3.05, 3.63) is 71.3 Å². The number of carbonyl (C=O) groups excluding carboxylic acids is 1. The number of benzene rings is 2. The van der Waals surface area contributed by atoms with E-state index in [-0.39, 0.29) is 24.8 Å². The van der Waals surface area contributed by atoms with Gasteiger partial charge in [-0.05, 0) is 35.4 Å². The summed E-state index contributed by atoms with van der Waals surface area (Å²) in [7, 11) is 0. The number of nitrogens with zero attached hydrogens (tertiary/aromatic N) is 1. The van der Waals surface area contributed by atoms with E-state index in [9.17, 15) is 9.90 Å². The molecule has 2 bridgehead atoms. The van der Waals surface area contributed by atoms with Gasteiger partial charge in [0.15, 0.2) is 0 Å². The molecule has 2 saturated heterocycles. The van der Waals surface area contributed by atoms with Gasteiger partial charge < -0.3 is 14.7 Å². The van der Waals surface area contributed by atoms with Crippen LogP contribution in [0.3, 0.4) is 0 Å². The zero-order chi connectivity index (χ0) is 19.7. The quantitative estimate of drug-likeness (QED) is 0.817. The van der Waals surface area contributed by atoms with Crippen molar-refractivity contribution in [1.29, 1.82) is 0 Å². The number of amides is 1. The fourth-order valence-electron chi connectivity index (χ4n) is 4.73. The van der Waals surface area contributed by atoms with E-state index in [2.05, 4.69) is 38.1 Å². The third-order valence-electron chi connectivity index (χ3n) is 6.30. The number of ether oxygens (including phenoxy) is 1. The van der Waals surface area contributed by atoms with Gasteiger partial charge >= 0.3 is 6.09 Å². The molecule has 4 nitrogen and oxygen atoms in total. The number of piperidine rings is 1. The van der Waals surface area contributed by atoms with Gasteiger partial charge in [0.05, 0.1) is 5.60 Å². The number of aliphatic hydroxyl groups is 1. The van der Waals surface area contributed by atoms with E-state index in [0.29, 0.717) is 18.8 Å². The molecule has 0 saturated carbocycles. The maximum atomic E-state index is 12.7. The summed E-state index contributed by atoms with van der Waals surface area (Å²) in [5.74, 6) is 0.473. The Morgan fingerprint density at radius 3 is 2.25 bits per heavy atom. The molecule has 0 spiro atoms. The van der Waals surface area contributed by atoms with E-state index < -0.39 is 5.60 Å². The third-order valence-corrected chi connectivity index (χ3v) is 6.30. The zero-order valence-electron chi connectivity index (χ0n) is 16.7. The molecule has 2 atom stereocenters. The number of hydrogen-bond acceptors (Lipinski definition) is 3. The maximum absolute atomic E-state index is 12.7. The normalized spacial score (nSPS) is 26.5. The van der Waals surface area contributed by atoms with Gasteiger partial charge in [-0.3, -0.25) is 0 Å². The Kier molecular flexibility index (Phi) is 5.15. The van der Waals surface area contributed by atoms with Crippen LogP contribution in [0, 0.1) is 0 Å². The predicted molar refractivity (Wildman–Crippen MR) is 109 cm³/mol. The van der Waals surface area contributed by atoms with Crippen LogP contribution in [0.25, 0.3) is 0 Å². The lowest BCUT2D eigenvalue weighted by atomic mass is 9.80. The van der Waals surface area contributed by atoms with E-state index in [0.717, 1.165) is 24.0 Å². The Balaban J connectivity index is 1.44. The second-order valence-corrected chi connectivity index (χ2v) is 8.55. The summed E-state index contributed by atoms with van der Waals surface area (Å²) in [4.78, 5) is 14.6. The molecule has 2 heterocycles. The van der Waals surface area contributed by atoms with Gasteiger partial charge in [0.25, 0.3) is 0 Å². The monoisotopic (exact) mass is 379 g/mol. The molecule has 4 rings (SSSR count). The minimum atomic E-state index is -0.864. The molecule has 1 amide bonds. The van der Waals surface area contributed by atoms with Crippen LogP contribution in [0.2, 0.25) is 0 Å². The number of fused-ring (bicyclic) bond motifs is 2. The van der Waals surface area contributed by atoms with Gasteiger partial charge in [-0.2, -0.15) is 0 Å². The molecule has 2 aromatic rings. The van der Waals surface area contributed by atoms with Crippen molar-refractivity contribution < 1.29 is 14.6 Å². The van der Waals surface area contributed by atoms with Crippen LogP contribution in [-0.2, 0) is 16.9 Å². The molecule has 2 unspecified atom stereocenters. The minimum Gasteiger partial charge on any atom is -0.445 e. The Morgan fingerprint density at radius 1 is 1.07 bits per heavy atom. The molecule has 0 aromatic heterocycles. The molecule has 28 heavy (non-hydrogen) atoms. The summed E-state index contributed by atoms with van der Waals surface area (Å²) in [5, 5.41) is 11.4. The first-order valence-corrected chi connectivity index (χ1v) is 10.3. The van der Waals surface area contributed by atoms with Crippen molar-refractivity contribution in [3.8, 4) is 0 Å². The highest BCUT2D eigenvalue weighted by Crippen LogP contribution is 2.46. The van der Waals surface area contributed by atoms with Crippen molar-refractivity contribution in [2.45, 2.75) is 69.7 Å². The first-order chi connectivity index (χ1) is 13.5. The summed E-state index contributed by atoms with van der Waals surface area (Å²) in [6.07, 6.45) is 2.75. The maximum Gasteiger partial charge on any atom is 0.410 e. The fraction of sp³-hybridized carbons (Fsp3) is 0.458. The van der Waals surface area contributed by atoms with Crippen LogP contribution >= 0.6 is 0 Å². The average Bonchev–Trinajstić information content (AvgIpc) is 2.99. The van der Waals surface area contributed by atoms with Gasteiger partial charge in [-0.25, -0.2) is 4.79 Å². The minimum absolute atomic E-state index is 0.0387. The third kappa shape index (κ3) is 3.66. The van der Waals surface area contributed by atoms with E-state index in [4.69, 9.17) is 4.74 Å². The van der Waals surface area contributed by atoms with Gasteiger partial charge in [0.1, 0.15) is 6.61 Å². The van der Waals surface area contributed by atoms with Gasteiger partial charge in [0.2, 0.25) is 0 Å². The van der Waals surface area contributed by atoms with Crippen LogP contribution in [0.15, 0.2) is 54.6 Å². The molecule has 2 fully saturated rings. The van der Waals surface area contributed by atoms with E-state index >= 15 is 0 Å². The summed E-state index contributed by atoms with van der Waals surface area (Å²) in [5.41, 5.74) is 2.36. The fourth-order valence-corrected chi connectivity index (χ4v) is 4.73. The zero-order valence-corrected chi connectivity index (χ0v) is 16.7. The molecule has 2 aliphatic rings. The van der Waals surface area contributed by atoms with Crippen LogP contribution < -0.4 is 0 Å². The van der Waals surface area contributed by atoms with Crippen molar-refractivity contribution in [3.63, 3.8) is 0 Å². The standard InChI is InChI=1S/C24H29NO3/c1-17(2)19-8-10-20(11-9-19)24(27)14-21-12-13-22(15-24)25(21)23(26)28-16-18-6-4-3-5-7-18/h3-11,17,21-22,27H,12-16H2,1-2H3. The molecule has 2 aromatic carbocycles. The smallest absolute Gasteiger partial charge is 0.410 e. The Labute approximate surface area is 167 Å². The Hall–Kier alpha value is -2.33. The van der Waals surface area contributed by atoms with Crippen LogP contribution in [0.5, 0.6) is 0 Å². The van der Waals surface area contributed by atoms with Crippen LogP contribution in [0.1, 0.15) is 62.1 Å². The Bertz CT molecular complexity index is 802. The van der Waals surface area contributed by atoms with Crippen molar-refractivity contribution >= 4 is 6.09 Å². The van der Waals surface area contributed by atoms with Crippen LogP contribution in [0.4, 0.5) is 4.79 Å². The number of carbonyl (C=O) groups is 1. The summed E-state index contributed by atoms with van der Waals surface area (Å²) < 4.78 is 5.57. The topological polar surface area (TPSA) is 49.8 Å². The summed E-state index contributed by atoms with van der Waals surface area (Å²) >= 11 is 0. The average molecular weight is 380 g/mol. The molecule has 0 aliphatic carbocycles. The van der Waals surface area contributed by atoms with Crippen molar-refractivity contribution in [1.82, 2.24) is 4.90 Å². The molecule has 4 heteroatoms. The summed E-state index contributed by atoms with van der Waals surface area (Å²) in [6, 6.07) is 18.2. The van der Waals surface area contributed by atoms with E-state index in [1.54, 1.807) is 0 Å². The number of hydrogen-bond donors (Lipinski definition) is 1. The molecular formula is C24H29NO3. The predicted octanol–water partition coefficient (Wildman–Crippen LogP) is 4.96. The molecule has 1 N–H and O–H groups in total. The van der Waals surface area contributed by atoms with E-state index in [1.807, 2.05) is 35.2 Å². The molecular weight excluding hydrogens is 350 g/mol. The number of rotatable bonds is 4. The van der Waals surface area contributed by atoms with Crippen molar-refractivity contribution in [2.75, 3.05) is 0 Å².